The van der Waals surface area contributed by atoms with Crippen molar-refractivity contribution in [1.29, 1.82) is 0 Å². The molecule has 1 fully saturated rings. The molecule has 0 aromatic carbocycles. The molecule has 1 aromatic heterocycles. The van der Waals surface area contributed by atoms with Crippen molar-refractivity contribution >= 4 is 0 Å². The van der Waals surface area contributed by atoms with Gasteiger partial charge in [0.25, 0.3) is 0 Å². The topological polar surface area (TPSA) is 46.0 Å². The zero-order valence-corrected chi connectivity index (χ0v) is 9.97. The molecule has 1 aliphatic heterocycles. The van der Waals surface area contributed by atoms with Gasteiger partial charge < -0.3 is 10.2 Å². The number of hydrogen-bond acceptors (Lipinski definition) is 4. The molecule has 1 aromatic rings. The van der Waals surface area contributed by atoms with Gasteiger partial charge in [-0.15, -0.1) is 5.10 Å². The summed E-state index contributed by atoms with van der Waals surface area (Å²) in [7, 11) is 2.20. The van der Waals surface area contributed by atoms with Crippen molar-refractivity contribution in [2.45, 2.75) is 31.8 Å². The van der Waals surface area contributed by atoms with Crippen LogP contribution in [0.4, 0.5) is 0 Å². The molecule has 16 heavy (non-hydrogen) atoms. The summed E-state index contributed by atoms with van der Waals surface area (Å²) < 4.78 is 1.89. The van der Waals surface area contributed by atoms with Gasteiger partial charge in [0.15, 0.2) is 0 Å². The van der Waals surface area contributed by atoms with Gasteiger partial charge in [-0.2, -0.15) is 0 Å². The Hall–Kier alpha value is -0.940. The van der Waals surface area contributed by atoms with Gasteiger partial charge in [-0.25, -0.2) is 0 Å². The van der Waals surface area contributed by atoms with Gasteiger partial charge in [-0.1, -0.05) is 5.21 Å². The Labute approximate surface area is 96.8 Å². The predicted molar refractivity (Wildman–Crippen MR) is 63.2 cm³/mol. The van der Waals surface area contributed by atoms with Crippen LogP contribution in [0.15, 0.2) is 12.4 Å². The molecule has 90 valence electrons. The fraction of sp³-hybridized carbons (Fsp3) is 0.818. The third-order valence-corrected chi connectivity index (χ3v) is 3.19. The van der Waals surface area contributed by atoms with E-state index in [1.54, 1.807) is 6.20 Å². The molecule has 1 N–H and O–H groups in total. The molecule has 1 aliphatic rings. The molecule has 5 heteroatoms. The summed E-state index contributed by atoms with van der Waals surface area (Å²) in [5, 5.41) is 11.3. The largest absolute Gasteiger partial charge is 0.314 e. The third-order valence-electron chi connectivity index (χ3n) is 3.19. The molecule has 0 radical (unpaired) electrons. The Bertz CT molecular complexity index is 277. The number of aromatic nitrogens is 3. The average molecular weight is 223 g/mol. The van der Waals surface area contributed by atoms with E-state index in [-0.39, 0.29) is 0 Å². The first kappa shape index (κ1) is 11.5. The summed E-state index contributed by atoms with van der Waals surface area (Å²) in [6.45, 7) is 4.48. The lowest BCUT2D eigenvalue weighted by Gasteiger charge is -2.29. The van der Waals surface area contributed by atoms with Crippen LogP contribution in [0.5, 0.6) is 0 Å². The molecule has 0 amide bonds. The first-order valence-electron chi connectivity index (χ1n) is 6.10. The quantitative estimate of drug-likeness (QED) is 0.732. The molecule has 1 saturated heterocycles. The summed E-state index contributed by atoms with van der Waals surface area (Å²) >= 11 is 0. The second-order valence-corrected chi connectivity index (χ2v) is 4.55. The van der Waals surface area contributed by atoms with E-state index in [1.165, 1.54) is 25.9 Å². The number of likely N-dealkylation sites (tertiary alicyclic amines) is 1. The Kier molecular flexibility index (Phi) is 4.30. The number of hydrogen-bond donors (Lipinski definition) is 1. The van der Waals surface area contributed by atoms with Crippen molar-refractivity contribution in [3.8, 4) is 0 Å². The van der Waals surface area contributed by atoms with Crippen LogP contribution in [0.3, 0.4) is 0 Å². The maximum atomic E-state index is 3.94. The standard InChI is InChI=1S/C11H21N5/c1-15-8-3-11(4-9-15)12-5-2-7-16-10-6-13-14-16/h6,10-12H,2-5,7-9H2,1H3. The molecule has 5 nitrogen and oxygen atoms in total. The fourth-order valence-corrected chi connectivity index (χ4v) is 2.11. The zero-order chi connectivity index (χ0) is 11.2. The van der Waals surface area contributed by atoms with Crippen LogP contribution in [0.25, 0.3) is 0 Å². The Morgan fingerprint density at radius 2 is 2.19 bits per heavy atom. The minimum Gasteiger partial charge on any atom is -0.314 e. The van der Waals surface area contributed by atoms with E-state index < -0.39 is 0 Å². The van der Waals surface area contributed by atoms with E-state index in [4.69, 9.17) is 0 Å². The lowest BCUT2D eigenvalue weighted by molar-refractivity contribution is 0.234. The minimum absolute atomic E-state index is 0.715. The normalized spacial score (nSPS) is 19.1. The molecule has 0 bridgehead atoms. The van der Waals surface area contributed by atoms with Gasteiger partial charge in [0.2, 0.25) is 0 Å². The number of rotatable bonds is 5. The van der Waals surface area contributed by atoms with E-state index >= 15 is 0 Å². The van der Waals surface area contributed by atoms with E-state index in [0.29, 0.717) is 6.04 Å². The van der Waals surface area contributed by atoms with E-state index in [1.807, 2.05) is 10.9 Å². The van der Waals surface area contributed by atoms with Crippen LogP contribution < -0.4 is 5.32 Å². The van der Waals surface area contributed by atoms with Gasteiger partial charge >= 0.3 is 0 Å². The second kappa shape index (κ2) is 5.96. The highest BCUT2D eigenvalue weighted by Crippen LogP contribution is 2.07. The molecule has 0 saturated carbocycles. The zero-order valence-electron chi connectivity index (χ0n) is 9.97. The van der Waals surface area contributed by atoms with Crippen molar-refractivity contribution in [3.63, 3.8) is 0 Å². The molecule has 0 spiro atoms. The lowest BCUT2D eigenvalue weighted by Crippen LogP contribution is -2.41. The maximum Gasteiger partial charge on any atom is 0.0692 e. The third kappa shape index (κ3) is 3.57. The SMILES string of the molecule is CN1CCC(NCCCn2ccnn2)CC1. The lowest BCUT2D eigenvalue weighted by atomic mass is 10.1. The van der Waals surface area contributed by atoms with Crippen LogP contribution in [0, 0.1) is 0 Å². The molecular formula is C11H21N5. The van der Waals surface area contributed by atoms with Crippen molar-refractivity contribution in [1.82, 2.24) is 25.2 Å². The first-order chi connectivity index (χ1) is 7.84. The highest BCUT2D eigenvalue weighted by Gasteiger charge is 2.15. The fourth-order valence-electron chi connectivity index (χ4n) is 2.11. The minimum atomic E-state index is 0.715. The highest BCUT2D eigenvalue weighted by molar-refractivity contribution is 4.75. The smallest absolute Gasteiger partial charge is 0.0692 e. The van der Waals surface area contributed by atoms with E-state index in [0.717, 1.165) is 19.5 Å². The Morgan fingerprint density at radius 3 is 2.88 bits per heavy atom. The molecular weight excluding hydrogens is 202 g/mol. The summed E-state index contributed by atoms with van der Waals surface area (Å²) in [4.78, 5) is 2.40. The van der Waals surface area contributed by atoms with Gasteiger partial charge in [-0.05, 0) is 45.9 Å². The van der Waals surface area contributed by atoms with Crippen molar-refractivity contribution in [3.05, 3.63) is 12.4 Å². The number of nitrogens with one attached hydrogen (secondary N) is 1. The molecule has 2 rings (SSSR count). The average Bonchev–Trinajstić information content (AvgIpc) is 2.80. The monoisotopic (exact) mass is 223 g/mol. The van der Waals surface area contributed by atoms with Crippen LogP contribution in [0.2, 0.25) is 0 Å². The highest BCUT2D eigenvalue weighted by atomic mass is 15.4. The maximum absolute atomic E-state index is 3.94. The summed E-state index contributed by atoms with van der Waals surface area (Å²) in [5.41, 5.74) is 0. The van der Waals surface area contributed by atoms with Crippen LogP contribution in [-0.4, -0.2) is 52.6 Å². The van der Waals surface area contributed by atoms with Crippen molar-refractivity contribution in [2.75, 3.05) is 26.7 Å². The second-order valence-electron chi connectivity index (χ2n) is 4.55. The van der Waals surface area contributed by atoms with Gasteiger partial charge in [0, 0.05) is 18.8 Å². The van der Waals surface area contributed by atoms with Crippen LogP contribution in [0.1, 0.15) is 19.3 Å². The van der Waals surface area contributed by atoms with E-state index in [9.17, 15) is 0 Å². The predicted octanol–water partition coefficient (Wildman–Crippen LogP) is 0.352. The van der Waals surface area contributed by atoms with Gasteiger partial charge in [0.1, 0.15) is 0 Å². The molecule has 0 atom stereocenters. The summed E-state index contributed by atoms with van der Waals surface area (Å²) in [5.74, 6) is 0. The number of piperidine rings is 1. The van der Waals surface area contributed by atoms with Crippen molar-refractivity contribution in [2.24, 2.45) is 0 Å². The number of aryl methyl sites for hydroxylation is 1. The molecule has 0 unspecified atom stereocenters. The first-order valence-corrected chi connectivity index (χ1v) is 6.10. The van der Waals surface area contributed by atoms with E-state index in [2.05, 4.69) is 27.6 Å². The Morgan fingerprint density at radius 1 is 1.38 bits per heavy atom. The molecule has 0 aliphatic carbocycles. The summed E-state index contributed by atoms with van der Waals surface area (Å²) in [6, 6.07) is 0.715. The number of nitrogens with zero attached hydrogens (tertiary/aromatic N) is 4. The van der Waals surface area contributed by atoms with Gasteiger partial charge in [0.05, 0.1) is 6.20 Å². The van der Waals surface area contributed by atoms with Gasteiger partial charge in [-0.3, -0.25) is 4.68 Å². The van der Waals surface area contributed by atoms with Crippen molar-refractivity contribution < 1.29 is 0 Å². The molecule has 2 heterocycles. The van der Waals surface area contributed by atoms with Crippen LogP contribution >= 0.6 is 0 Å². The Balaban J connectivity index is 1.55. The van der Waals surface area contributed by atoms with Crippen LogP contribution in [-0.2, 0) is 6.54 Å². The summed E-state index contributed by atoms with van der Waals surface area (Å²) in [6.07, 6.45) is 7.31.